The highest BCUT2D eigenvalue weighted by Crippen LogP contribution is 2.47. The Kier molecular flexibility index (Phi) is 3.76. The van der Waals surface area contributed by atoms with Gasteiger partial charge in [-0.25, -0.2) is 0 Å². The predicted octanol–water partition coefficient (Wildman–Crippen LogP) is 6.93. The van der Waals surface area contributed by atoms with E-state index in [1.54, 1.807) is 0 Å². The van der Waals surface area contributed by atoms with Crippen LogP contribution in [-0.2, 0) is 11.8 Å². The molecule has 0 unspecified atom stereocenters. The maximum atomic E-state index is 13.3. The molecule has 0 radical (unpaired) electrons. The van der Waals surface area contributed by atoms with Crippen molar-refractivity contribution in [3.8, 4) is 0 Å². The number of fused-ring (bicyclic) bond motifs is 4. The van der Waals surface area contributed by atoms with Crippen molar-refractivity contribution in [2.75, 3.05) is 4.90 Å². The summed E-state index contributed by atoms with van der Waals surface area (Å²) in [6.07, 6.45) is 0.936. The number of carbonyl (C=O) groups is 1. The minimum absolute atomic E-state index is 0.121. The van der Waals surface area contributed by atoms with Crippen LogP contribution in [0.25, 0.3) is 0 Å². The van der Waals surface area contributed by atoms with E-state index in [0.717, 1.165) is 34.4 Å². The van der Waals surface area contributed by atoms with Gasteiger partial charge in [-0.3, -0.25) is 4.79 Å². The van der Waals surface area contributed by atoms with Crippen LogP contribution in [-0.4, -0.2) is 5.78 Å². The third-order valence-corrected chi connectivity index (χ3v) is 6.87. The summed E-state index contributed by atoms with van der Waals surface area (Å²) in [5, 5.41) is 0. The molecule has 1 aliphatic carbocycles. The number of carbonyl (C=O) groups excluding carboxylic acids is 1. The van der Waals surface area contributed by atoms with Crippen LogP contribution in [0.2, 0.25) is 0 Å². The van der Waals surface area contributed by atoms with Crippen molar-refractivity contribution in [3.63, 3.8) is 0 Å². The molecular formula is C29H23NO. The standard InChI is InChI=1S/C29H23NO/c1-29(2)24-12-6-5-11-22(24)28(31)23-16-15-21(18-25(23)29)30-26-13-7-3-9-19(26)17-20-10-4-8-14-27(20)30/h3-16,18H,17H2,1-2H3. The van der Waals surface area contributed by atoms with E-state index in [2.05, 4.69) is 85.5 Å². The van der Waals surface area contributed by atoms with Gasteiger partial charge >= 0.3 is 0 Å². The van der Waals surface area contributed by atoms with Crippen molar-refractivity contribution in [2.24, 2.45) is 0 Å². The highest BCUT2D eigenvalue weighted by Gasteiger charge is 2.37. The third kappa shape index (κ3) is 2.55. The first-order valence-electron chi connectivity index (χ1n) is 10.8. The van der Waals surface area contributed by atoms with E-state index in [0.29, 0.717) is 0 Å². The average molecular weight is 402 g/mol. The number of hydrogen-bond acceptors (Lipinski definition) is 2. The molecule has 0 saturated carbocycles. The highest BCUT2D eigenvalue weighted by atomic mass is 16.1. The molecule has 4 aromatic carbocycles. The van der Waals surface area contributed by atoms with Gasteiger partial charge in [-0.2, -0.15) is 0 Å². The molecule has 0 aromatic heterocycles. The van der Waals surface area contributed by atoms with Crippen molar-refractivity contribution in [1.82, 2.24) is 0 Å². The molecule has 0 fully saturated rings. The normalized spacial score (nSPS) is 15.5. The van der Waals surface area contributed by atoms with Crippen molar-refractivity contribution in [1.29, 1.82) is 0 Å². The molecule has 150 valence electrons. The smallest absolute Gasteiger partial charge is 0.193 e. The molecule has 0 saturated heterocycles. The Morgan fingerprint density at radius 2 is 1.26 bits per heavy atom. The summed E-state index contributed by atoms with van der Waals surface area (Å²) >= 11 is 0. The van der Waals surface area contributed by atoms with Crippen molar-refractivity contribution < 1.29 is 4.79 Å². The minimum Gasteiger partial charge on any atom is -0.310 e. The molecule has 0 amide bonds. The Balaban J connectivity index is 1.58. The van der Waals surface area contributed by atoms with Crippen LogP contribution < -0.4 is 4.90 Å². The fourth-order valence-corrected chi connectivity index (χ4v) is 5.27. The molecule has 1 aliphatic heterocycles. The SMILES string of the molecule is CC1(C)c2ccccc2C(=O)c2ccc(N3c4ccccc4Cc4ccccc43)cc21. The Morgan fingerprint density at radius 1 is 0.677 bits per heavy atom. The topological polar surface area (TPSA) is 20.3 Å². The van der Waals surface area contributed by atoms with E-state index in [1.165, 1.54) is 22.5 Å². The molecule has 2 nitrogen and oxygen atoms in total. The van der Waals surface area contributed by atoms with Crippen LogP contribution in [0.1, 0.15) is 52.0 Å². The second kappa shape index (κ2) is 6.42. The first-order valence-corrected chi connectivity index (χ1v) is 10.8. The monoisotopic (exact) mass is 401 g/mol. The first kappa shape index (κ1) is 18.1. The first-order chi connectivity index (χ1) is 15.1. The van der Waals surface area contributed by atoms with Gasteiger partial charge in [0, 0.05) is 40.0 Å². The zero-order valence-electron chi connectivity index (χ0n) is 17.7. The quantitative estimate of drug-likeness (QED) is 0.303. The number of ketones is 1. The number of anilines is 3. The zero-order chi connectivity index (χ0) is 21.2. The van der Waals surface area contributed by atoms with Crippen LogP contribution in [0, 0.1) is 0 Å². The summed E-state index contributed by atoms with van der Waals surface area (Å²) in [5.74, 6) is 0.121. The number of benzene rings is 4. The fourth-order valence-electron chi connectivity index (χ4n) is 5.27. The van der Waals surface area contributed by atoms with Gasteiger partial charge in [-0.05, 0) is 52.6 Å². The maximum absolute atomic E-state index is 13.3. The Morgan fingerprint density at radius 3 is 1.97 bits per heavy atom. The molecule has 2 heteroatoms. The summed E-state index contributed by atoms with van der Waals surface area (Å²) < 4.78 is 0. The van der Waals surface area contributed by atoms with Gasteiger partial charge in [-0.15, -0.1) is 0 Å². The molecule has 0 N–H and O–H groups in total. The van der Waals surface area contributed by atoms with Crippen LogP contribution in [0.4, 0.5) is 17.1 Å². The predicted molar refractivity (Wildman–Crippen MR) is 126 cm³/mol. The van der Waals surface area contributed by atoms with Crippen LogP contribution >= 0.6 is 0 Å². The van der Waals surface area contributed by atoms with E-state index in [9.17, 15) is 4.79 Å². The number of nitrogens with zero attached hydrogens (tertiary/aromatic N) is 1. The van der Waals surface area contributed by atoms with E-state index in [-0.39, 0.29) is 11.2 Å². The summed E-state index contributed by atoms with van der Waals surface area (Å²) in [6, 6.07) is 31.6. The van der Waals surface area contributed by atoms with Crippen molar-refractivity contribution in [2.45, 2.75) is 25.7 Å². The van der Waals surface area contributed by atoms with Crippen molar-refractivity contribution >= 4 is 22.8 Å². The molecule has 2 aliphatic rings. The van der Waals surface area contributed by atoms with E-state index in [1.807, 2.05) is 24.3 Å². The molecule has 0 atom stereocenters. The van der Waals surface area contributed by atoms with Crippen LogP contribution in [0.5, 0.6) is 0 Å². The Labute approximate surface area is 182 Å². The van der Waals surface area contributed by atoms with Gasteiger partial charge in [0.15, 0.2) is 5.78 Å². The summed E-state index contributed by atoms with van der Waals surface area (Å²) in [7, 11) is 0. The van der Waals surface area contributed by atoms with E-state index in [4.69, 9.17) is 0 Å². The van der Waals surface area contributed by atoms with E-state index < -0.39 is 0 Å². The number of para-hydroxylation sites is 2. The molecule has 6 rings (SSSR count). The lowest BCUT2D eigenvalue weighted by atomic mass is 9.68. The molecular weight excluding hydrogens is 378 g/mol. The lowest BCUT2D eigenvalue weighted by molar-refractivity contribution is 0.103. The second-order valence-corrected chi connectivity index (χ2v) is 9.00. The van der Waals surface area contributed by atoms with Gasteiger partial charge in [-0.1, -0.05) is 74.5 Å². The zero-order valence-corrected chi connectivity index (χ0v) is 17.7. The van der Waals surface area contributed by atoms with Crippen molar-refractivity contribution in [3.05, 3.63) is 124 Å². The van der Waals surface area contributed by atoms with E-state index >= 15 is 0 Å². The Hall–Kier alpha value is -3.65. The van der Waals surface area contributed by atoms with Gasteiger partial charge in [0.1, 0.15) is 0 Å². The fraction of sp³-hybridized carbons (Fsp3) is 0.138. The maximum Gasteiger partial charge on any atom is 0.193 e. The number of rotatable bonds is 1. The largest absolute Gasteiger partial charge is 0.310 e. The second-order valence-electron chi connectivity index (χ2n) is 9.00. The lowest BCUT2D eigenvalue weighted by Crippen LogP contribution is -2.31. The molecule has 1 heterocycles. The number of hydrogen-bond donors (Lipinski definition) is 0. The summed E-state index contributed by atoms with van der Waals surface area (Å²) in [4.78, 5) is 15.6. The summed E-state index contributed by atoms with van der Waals surface area (Å²) in [6.45, 7) is 4.44. The molecule has 0 bridgehead atoms. The van der Waals surface area contributed by atoms with Crippen LogP contribution in [0.3, 0.4) is 0 Å². The third-order valence-electron chi connectivity index (χ3n) is 6.87. The highest BCUT2D eigenvalue weighted by molar-refractivity contribution is 6.13. The van der Waals surface area contributed by atoms with Gasteiger partial charge in [0.2, 0.25) is 0 Å². The van der Waals surface area contributed by atoms with Gasteiger partial charge in [0.25, 0.3) is 0 Å². The van der Waals surface area contributed by atoms with Gasteiger partial charge in [0.05, 0.1) is 0 Å². The van der Waals surface area contributed by atoms with Gasteiger partial charge < -0.3 is 4.90 Å². The molecule has 31 heavy (non-hydrogen) atoms. The summed E-state index contributed by atoms with van der Waals surface area (Å²) in [5.41, 5.74) is 9.73. The molecule has 4 aromatic rings. The van der Waals surface area contributed by atoms with Crippen LogP contribution in [0.15, 0.2) is 91.0 Å². The molecule has 0 spiro atoms. The Bertz CT molecular complexity index is 1320. The lowest BCUT2D eigenvalue weighted by Gasteiger charge is -2.37. The average Bonchev–Trinajstić information content (AvgIpc) is 2.81. The minimum atomic E-state index is -0.245.